The Hall–Kier alpha value is -2.46. The van der Waals surface area contributed by atoms with Crippen molar-refractivity contribution in [2.24, 2.45) is 0 Å². The van der Waals surface area contributed by atoms with Crippen LogP contribution in [0.2, 0.25) is 0 Å². The molecule has 0 fully saturated rings. The van der Waals surface area contributed by atoms with Gasteiger partial charge in [0.1, 0.15) is 0 Å². The summed E-state index contributed by atoms with van der Waals surface area (Å²) in [4.78, 5) is 17.1. The molecule has 0 saturated carbocycles. The van der Waals surface area contributed by atoms with E-state index in [4.69, 9.17) is 5.11 Å². The van der Waals surface area contributed by atoms with Gasteiger partial charge in [-0.1, -0.05) is 30.3 Å². The largest absolute Gasteiger partial charge is 0.478 e. The fourth-order valence-corrected chi connectivity index (χ4v) is 2.12. The van der Waals surface area contributed by atoms with Gasteiger partial charge in [-0.15, -0.1) is 0 Å². The lowest BCUT2D eigenvalue weighted by molar-refractivity contribution is -0.131. The maximum absolute atomic E-state index is 10.6. The number of benzene rings is 1. The fraction of sp³-hybridized carbons (Fsp3) is 0.176. The Kier molecular flexibility index (Phi) is 5.23. The smallest absolute Gasteiger partial charge is 0.328 e. The van der Waals surface area contributed by atoms with Crippen LogP contribution in [0.25, 0.3) is 6.08 Å². The van der Waals surface area contributed by atoms with Gasteiger partial charge in [0.15, 0.2) is 0 Å². The van der Waals surface area contributed by atoms with Gasteiger partial charge in [0, 0.05) is 25.4 Å². The van der Waals surface area contributed by atoms with Gasteiger partial charge in [0.2, 0.25) is 0 Å². The Morgan fingerprint density at radius 2 is 1.95 bits per heavy atom. The Labute approximate surface area is 124 Å². The number of carboxylic acid groups (broad SMARTS) is 1. The van der Waals surface area contributed by atoms with E-state index in [9.17, 15) is 4.79 Å². The quantitative estimate of drug-likeness (QED) is 0.828. The first-order valence-electron chi connectivity index (χ1n) is 6.72. The van der Waals surface area contributed by atoms with E-state index < -0.39 is 5.97 Å². The maximum Gasteiger partial charge on any atom is 0.328 e. The van der Waals surface area contributed by atoms with Crippen molar-refractivity contribution < 1.29 is 9.90 Å². The number of hydrogen-bond donors (Lipinski definition) is 1. The molecule has 0 atom stereocenters. The molecule has 0 aliphatic carbocycles. The normalized spacial score (nSPS) is 11.1. The summed E-state index contributed by atoms with van der Waals surface area (Å²) in [6.07, 6.45) is 4.58. The van der Waals surface area contributed by atoms with Crippen molar-refractivity contribution in [3.05, 3.63) is 71.6 Å². The van der Waals surface area contributed by atoms with Gasteiger partial charge in [0.25, 0.3) is 0 Å². The van der Waals surface area contributed by atoms with Crippen LogP contribution < -0.4 is 0 Å². The van der Waals surface area contributed by atoms with E-state index in [1.165, 1.54) is 0 Å². The van der Waals surface area contributed by atoms with Gasteiger partial charge in [0.05, 0.1) is 5.69 Å². The third-order valence-corrected chi connectivity index (χ3v) is 3.06. The highest BCUT2D eigenvalue weighted by molar-refractivity contribution is 5.85. The third-order valence-electron chi connectivity index (χ3n) is 3.06. The summed E-state index contributed by atoms with van der Waals surface area (Å²) in [5.41, 5.74) is 3.03. The topological polar surface area (TPSA) is 53.4 Å². The lowest BCUT2D eigenvalue weighted by atomic mass is 10.1. The molecular weight excluding hydrogens is 264 g/mol. The van der Waals surface area contributed by atoms with Crippen molar-refractivity contribution in [1.29, 1.82) is 0 Å². The summed E-state index contributed by atoms with van der Waals surface area (Å²) in [6.45, 7) is 1.48. The summed E-state index contributed by atoms with van der Waals surface area (Å²) in [5, 5.41) is 8.74. The van der Waals surface area contributed by atoms with Gasteiger partial charge in [-0.2, -0.15) is 0 Å². The molecule has 1 N–H and O–H groups in total. The molecule has 0 unspecified atom stereocenters. The molecule has 1 heterocycles. The SMILES string of the molecule is CN(Cc1ccccn1)Cc1ccccc1C=CC(=O)O. The van der Waals surface area contributed by atoms with E-state index in [1.54, 1.807) is 12.3 Å². The molecule has 1 aromatic heterocycles. The fourth-order valence-electron chi connectivity index (χ4n) is 2.12. The number of pyridine rings is 1. The van der Waals surface area contributed by atoms with Crippen LogP contribution in [-0.2, 0) is 17.9 Å². The molecular formula is C17H18N2O2. The van der Waals surface area contributed by atoms with Gasteiger partial charge in [-0.25, -0.2) is 4.79 Å². The van der Waals surface area contributed by atoms with E-state index in [0.717, 1.165) is 36.0 Å². The highest BCUT2D eigenvalue weighted by Crippen LogP contribution is 2.14. The maximum atomic E-state index is 10.6. The van der Waals surface area contributed by atoms with Crippen LogP contribution in [-0.4, -0.2) is 28.0 Å². The van der Waals surface area contributed by atoms with Crippen LogP contribution in [0.15, 0.2) is 54.7 Å². The van der Waals surface area contributed by atoms with E-state index >= 15 is 0 Å². The standard InChI is InChI=1S/C17H18N2O2/c1-19(13-16-8-4-5-11-18-16)12-15-7-3-2-6-14(15)9-10-17(20)21/h2-11H,12-13H2,1H3,(H,20,21). The van der Waals surface area contributed by atoms with Crippen LogP contribution >= 0.6 is 0 Å². The number of aromatic nitrogens is 1. The number of carboxylic acids is 1. The Bertz CT molecular complexity index is 624. The molecule has 0 aliphatic heterocycles. The van der Waals surface area contributed by atoms with Crippen molar-refractivity contribution in [3.63, 3.8) is 0 Å². The summed E-state index contributed by atoms with van der Waals surface area (Å²) in [5.74, 6) is -0.938. The minimum atomic E-state index is -0.938. The van der Waals surface area contributed by atoms with Crippen molar-refractivity contribution in [1.82, 2.24) is 9.88 Å². The first-order chi connectivity index (χ1) is 10.1. The van der Waals surface area contributed by atoms with Crippen molar-refractivity contribution in [3.8, 4) is 0 Å². The summed E-state index contributed by atoms with van der Waals surface area (Å²) in [6, 6.07) is 13.7. The highest BCUT2D eigenvalue weighted by atomic mass is 16.4. The average Bonchev–Trinajstić information content (AvgIpc) is 2.47. The Morgan fingerprint density at radius 3 is 2.67 bits per heavy atom. The molecule has 0 saturated heterocycles. The van der Waals surface area contributed by atoms with E-state index in [-0.39, 0.29) is 0 Å². The third kappa shape index (κ3) is 4.85. The lowest BCUT2D eigenvalue weighted by Gasteiger charge is -2.17. The number of carbonyl (C=O) groups is 1. The van der Waals surface area contributed by atoms with Crippen LogP contribution in [0, 0.1) is 0 Å². The molecule has 0 aliphatic rings. The molecule has 0 amide bonds. The zero-order valence-corrected chi connectivity index (χ0v) is 11.9. The molecule has 0 bridgehead atoms. The summed E-state index contributed by atoms with van der Waals surface area (Å²) in [7, 11) is 2.02. The zero-order valence-electron chi connectivity index (χ0n) is 11.9. The van der Waals surface area contributed by atoms with Crippen LogP contribution in [0.1, 0.15) is 16.8 Å². The first kappa shape index (κ1) is 14.9. The van der Waals surface area contributed by atoms with Crippen LogP contribution in [0.5, 0.6) is 0 Å². The minimum absolute atomic E-state index is 0.733. The molecule has 0 spiro atoms. The predicted octanol–water partition coefficient (Wildman–Crippen LogP) is 2.81. The van der Waals surface area contributed by atoms with Gasteiger partial charge >= 0.3 is 5.97 Å². The number of aliphatic carboxylic acids is 1. The van der Waals surface area contributed by atoms with Gasteiger partial charge < -0.3 is 5.11 Å². The number of rotatable bonds is 6. The molecule has 0 radical (unpaired) electrons. The molecule has 1 aromatic carbocycles. The first-order valence-corrected chi connectivity index (χ1v) is 6.72. The minimum Gasteiger partial charge on any atom is -0.478 e. The van der Waals surface area contributed by atoms with Gasteiger partial charge in [-0.05, 0) is 36.4 Å². The molecule has 108 valence electrons. The van der Waals surface area contributed by atoms with E-state index in [2.05, 4.69) is 9.88 Å². The summed E-state index contributed by atoms with van der Waals surface area (Å²) < 4.78 is 0. The van der Waals surface area contributed by atoms with Crippen molar-refractivity contribution in [2.75, 3.05) is 7.05 Å². The average molecular weight is 282 g/mol. The molecule has 4 nitrogen and oxygen atoms in total. The monoisotopic (exact) mass is 282 g/mol. The number of nitrogens with zero attached hydrogens (tertiary/aromatic N) is 2. The van der Waals surface area contributed by atoms with E-state index in [1.807, 2.05) is 49.5 Å². The number of hydrogen-bond acceptors (Lipinski definition) is 3. The molecule has 4 heteroatoms. The van der Waals surface area contributed by atoms with Crippen molar-refractivity contribution in [2.45, 2.75) is 13.1 Å². The van der Waals surface area contributed by atoms with Gasteiger partial charge in [-0.3, -0.25) is 9.88 Å². The highest BCUT2D eigenvalue weighted by Gasteiger charge is 2.05. The van der Waals surface area contributed by atoms with Crippen molar-refractivity contribution >= 4 is 12.0 Å². The molecule has 2 aromatic rings. The second kappa shape index (κ2) is 7.36. The van der Waals surface area contributed by atoms with Crippen LogP contribution in [0.3, 0.4) is 0 Å². The van der Waals surface area contributed by atoms with E-state index in [0.29, 0.717) is 0 Å². The Morgan fingerprint density at radius 1 is 1.19 bits per heavy atom. The lowest BCUT2D eigenvalue weighted by Crippen LogP contribution is -2.18. The zero-order chi connectivity index (χ0) is 15.1. The predicted molar refractivity (Wildman–Crippen MR) is 82.5 cm³/mol. The second-order valence-corrected chi connectivity index (χ2v) is 4.86. The summed E-state index contributed by atoms with van der Waals surface area (Å²) >= 11 is 0. The second-order valence-electron chi connectivity index (χ2n) is 4.86. The molecule has 21 heavy (non-hydrogen) atoms. The Balaban J connectivity index is 2.07. The van der Waals surface area contributed by atoms with Crippen LogP contribution in [0.4, 0.5) is 0 Å². The molecule has 2 rings (SSSR count).